The molecular formula is C15H14F3NO. The van der Waals surface area contributed by atoms with Crippen LogP contribution in [0.5, 0.6) is 5.75 Å². The number of methoxy groups -OCH3 is 1. The van der Waals surface area contributed by atoms with Crippen LogP contribution in [0.3, 0.4) is 0 Å². The van der Waals surface area contributed by atoms with Crippen LogP contribution in [0, 0.1) is 17.5 Å². The second-order valence-electron chi connectivity index (χ2n) is 4.36. The summed E-state index contributed by atoms with van der Waals surface area (Å²) in [5.74, 6) is -1.75. The minimum absolute atomic E-state index is 0.0881. The molecule has 0 fully saturated rings. The molecule has 0 saturated carbocycles. The number of nitrogens with one attached hydrogen (secondary N) is 1. The highest BCUT2D eigenvalue weighted by Gasteiger charge is 2.14. The zero-order chi connectivity index (χ0) is 14.7. The smallest absolute Gasteiger partial charge is 0.165 e. The van der Waals surface area contributed by atoms with Crippen LogP contribution in [-0.4, -0.2) is 7.11 Å². The van der Waals surface area contributed by atoms with Crippen molar-refractivity contribution in [2.75, 3.05) is 12.4 Å². The maximum atomic E-state index is 13.5. The number of rotatable bonds is 4. The highest BCUT2D eigenvalue weighted by Crippen LogP contribution is 2.27. The molecule has 0 bridgehead atoms. The molecule has 0 aromatic heterocycles. The van der Waals surface area contributed by atoms with Crippen molar-refractivity contribution in [3.63, 3.8) is 0 Å². The Bertz CT molecular complexity index is 596. The highest BCUT2D eigenvalue weighted by molar-refractivity contribution is 5.48. The fraction of sp³-hybridized carbons (Fsp3) is 0.200. The molecule has 0 aliphatic carbocycles. The van der Waals surface area contributed by atoms with Gasteiger partial charge in [-0.05, 0) is 36.8 Å². The number of hydrogen-bond donors (Lipinski definition) is 1. The molecule has 0 radical (unpaired) electrons. The number of ether oxygens (including phenoxy) is 1. The van der Waals surface area contributed by atoms with Crippen molar-refractivity contribution < 1.29 is 17.9 Å². The second-order valence-corrected chi connectivity index (χ2v) is 4.36. The molecule has 1 unspecified atom stereocenters. The van der Waals surface area contributed by atoms with Gasteiger partial charge in [-0.1, -0.05) is 12.1 Å². The zero-order valence-corrected chi connectivity index (χ0v) is 11.1. The molecule has 1 atom stereocenters. The number of benzene rings is 2. The lowest BCUT2D eigenvalue weighted by atomic mass is 10.1. The summed E-state index contributed by atoms with van der Waals surface area (Å²) in [6.07, 6.45) is 0. The summed E-state index contributed by atoms with van der Waals surface area (Å²) < 4.78 is 45.3. The van der Waals surface area contributed by atoms with Crippen LogP contribution < -0.4 is 10.1 Å². The Morgan fingerprint density at radius 3 is 2.25 bits per heavy atom. The first kappa shape index (κ1) is 14.2. The lowest BCUT2D eigenvalue weighted by molar-refractivity contribution is 0.385. The van der Waals surface area contributed by atoms with Gasteiger partial charge in [0.1, 0.15) is 17.3 Å². The first-order valence-corrected chi connectivity index (χ1v) is 6.07. The fourth-order valence-electron chi connectivity index (χ4n) is 1.88. The van der Waals surface area contributed by atoms with E-state index in [2.05, 4.69) is 5.32 Å². The third-order valence-electron chi connectivity index (χ3n) is 3.00. The first-order valence-electron chi connectivity index (χ1n) is 6.07. The van der Waals surface area contributed by atoms with Gasteiger partial charge in [-0.25, -0.2) is 13.2 Å². The van der Waals surface area contributed by atoms with Crippen LogP contribution in [0.4, 0.5) is 18.9 Å². The molecule has 0 aliphatic rings. The van der Waals surface area contributed by atoms with Gasteiger partial charge in [0.25, 0.3) is 0 Å². The van der Waals surface area contributed by atoms with E-state index in [1.165, 1.54) is 43.5 Å². The molecule has 0 heterocycles. The molecule has 0 aliphatic heterocycles. The van der Waals surface area contributed by atoms with Gasteiger partial charge in [0, 0.05) is 6.04 Å². The number of anilines is 1. The molecule has 2 aromatic rings. The fourth-order valence-corrected chi connectivity index (χ4v) is 1.88. The standard InChI is InChI=1S/C15H14F3NO/c1-9(10-6-7-11(16)14(8-10)20-2)19-15-12(17)4-3-5-13(15)18/h3-9,19H,1-2H3. The van der Waals surface area contributed by atoms with Gasteiger partial charge in [0.05, 0.1) is 7.11 Å². The number of halogens is 3. The molecule has 5 heteroatoms. The van der Waals surface area contributed by atoms with E-state index in [0.717, 1.165) is 0 Å². The summed E-state index contributed by atoms with van der Waals surface area (Å²) in [6.45, 7) is 1.72. The van der Waals surface area contributed by atoms with Crippen molar-refractivity contribution in [2.45, 2.75) is 13.0 Å². The van der Waals surface area contributed by atoms with Crippen LogP contribution in [0.1, 0.15) is 18.5 Å². The normalized spacial score (nSPS) is 12.1. The average Bonchev–Trinajstić information content (AvgIpc) is 2.43. The van der Waals surface area contributed by atoms with Gasteiger partial charge in [-0.3, -0.25) is 0 Å². The third-order valence-corrected chi connectivity index (χ3v) is 3.00. The van der Waals surface area contributed by atoms with E-state index in [9.17, 15) is 13.2 Å². The molecule has 0 spiro atoms. The van der Waals surface area contributed by atoms with Crippen molar-refractivity contribution in [3.05, 3.63) is 59.4 Å². The summed E-state index contributed by atoms with van der Waals surface area (Å²) >= 11 is 0. The molecule has 2 nitrogen and oxygen atoms in total. The van der Waals surface area contributed by atoms with E-state index in [4.69, 9.17) is 4.74 Å². The topological polar surface area (TPSA) is 21.3 Å². The first-order chi connectivity index (χ1) is 9.52. The van der Waals surface area contributed by atoms with Gasteiger partial charge in [0.2, 0.25) is 0 Å². The summed E-state index contributed by atoms with van der Waals surface area (Å²) in [7, 11) is 1.36. The molecule has 106 valence electrons. The SMILES string of the molecule is COc1cc(C(C)Nc2c(F)cccc2F)ccc1F. The Labute approximate surface area is 115 Å². The van der Waals surface area contributed by atoms with Gasteiger partial charge in [-0.2, -0.15) is 0 Å². The number of hydrogen-bond acceptors (Lipinski definition) is 2. The summed E-state index contributed by atoms with van der Waals surface area (Å²) in [5.41, 5.74) is 0.453. The lowest BCUT2D eigenvalue weighted by Crippen LogP contribution is -2.10. The van der Waals surface area contributed by atoms with Crippen molar-refractivity contribution in [1.82, 2.24) is 0 Å². The average molecular weight is 281 g/mol. The van der Waals surface area contributed by atoms with Gasteiger partial charge in [-0.15, -0.1) is 0 Å². The third kappa shape index (κ3) is 2.87. The monoisotopic (exact) mass is 281 g/mol. The van der Waals surface area contributed by atoms with Crippen molar-refractivity contribution in [1.29, 1.82) is 0 Å². The number of para-hydroxylation sites is 1. The summed E-state index contributed by atoms with van der Waals surface area (Å²) in [6, 6.07) is 7.51. The molecule has 0 saturated heterocycles. The van der Waals surface area contributed by atoms with E-state index in [1.54, 1.807) is 6.92 Å². The quantitative estimate of drug-likeness (QED) is 0.902. The van der Waals surface area contributed by atoms with E-state index in [1.807, 2.05) is 0 Å². The Balaban J connectivity index is 2.26. The zero-order valence-electron chi connectivity index (χ0n) is 11.1. The predicted octanol–water partition coefficient (Wildman–Crippen LogP) is 4.29. The lowest BCUT2D eigenvalue weighted by Gasteiger charge is -2.17. The Kier molecular flexibility index (Phi) is 4.17. The van der Waals surface area contributed by atoms with Crippen LogP contribution in [-0.2, 0) is 0 Å². The predicted molar refractivity (Wildman–Crippen MR) is 71.3 cm³/mol. The van der Waals surface area contributed by atoms with E-state index in [0.29, 0.717) is 5.56 Å². The highest BCUT2D eigenvalue weighted by atomic mass is 19.1. The maximum absolute atomic E-state index is 13.5. The maximum Gasteiger partial charge on any atom is 0.165 e. The summed E-state index contributed by atoms with van der Waals surface area (Å²) in [4.78, 5) is 0. The Morgan fingerprint density at radius 1 is 1.00 bits per heavy atom. The second kappa shape index (κ2) is 5.86. The molecule has 2 rings (SSSR count). The van der Waals surface area contributed by atoms with E-state index >= 15 is 0 Å². The van der Waals surface area contributed by atoms with Crippen molar-refractivity contribution in [2.24, 2.45) is 0 Å². The van der Waals surface area contributed by atoms with Gasteiger partial charge in [0.15, 0.2) is 11.6 Å². The largest absolute Gasteiger partial charge is 0.494 e. The van der Waals surface area contributed by atoms with Crippen LogP contribution in [0.15, 0.2) is 36.4 Å². The Morgan fingerprint density at radius 2 is 1.65 bits per heavy atom. The molecule has 20 heavy (non-hydrogen) atoms. The molecule has 0 amide bonds. The van der Waals surface area contributed by atoms with Crippen molar-refractivity contribution in [3.8, 4) is 5.75 Å². The summed E-state index contributed by atoms with van der Waals surface area (Å²) in [5, 5.41) is 2.74. The molecule has 2 aromatic carbocycles. The van der Waals surface area contributed by atoms with Gasteiger partial charge < -0.3 is 10.1 Å². The van der Waals surface area contributed by atoms with Crippen LogP contribution in [0.2, 0.25) is 0 Å². The van der Waals surface area contributed by atoms with E-state index in [-0.39, 0.29) is 11.4 Å². The van der Waals surface area contributed by atoms with Crippen LogP contribution >= 0.6 is 0 Å². The van der Waals surface area contributed by atoms with Gasteiger partial charge >= 0.3 is 0 Å². The molecule has 1 N–H and O–H groups in total. The minimum Gasteiger partial charge on any atom is -0.494 e. The minimum atomic E-state index is -0.675. The van der Waals surface area contributed by atoms with Crippen LogP contribution in [0.25, 0.3) is 0 Å². The van der Waals surface area contributed by atoms with E-state index < -0.39 is 23.5 Å². The van der Waals surface area contributed by atoms with Crippen molar-refractivity contribution >= 4 is 5.69 Å². The Hall–Kier alpha value is -2.17. The molecular weight excluding hydrogens is 267 g/mol.